The zero-order valence-corrected chi connectivity index (χ0v) is 17.9. The molecule has 2 aliphatic heterocycles. The third-order valence-corrected chi connectivity index (χ3v) is 7.89. The second-order valence-electron chi connectivity index (χ2n) is 8.36. The van der Waals surface area contributed by atoms with E-state index in [0.29, 0.717) is 23.2 Å². The number of halogens is 1. The Morgan fingerprint density at radius 3 is 2.32 bits per heavy atom. The van der Waals surface area contributed by atoms with Crippen molar-refractivity contribution in [2.75, 3.05) is 0 Å². The zero-order valence-electron chi connectivity index (χ0n) is 16.2. The molecule has 1 amide bonds. The van der Waals surface area contributed by atoms with Crippen LogP contribution in [0.1, 0.15) is 67.3 Å². The standard InChI is InChI=1S/C20H29N3O3S.ClH/c1-13-6-7-14(10-19(13)27(25,26)23-15-4-2-3-5-15)20(24)22-18-11-16-8-9-17(12-18)21-16;/h6-7,10,15-18,21,23H,2-5,8-9,11-12H2,1H3,(H,22,24);1H. The topological polar surface area (TPSA) is 87.3 Å². The van der Waals surface area contributed by atoms with Gasteiger partial charge in [-0.25, -0.2) is 13.1 Å². The second-order valence-corrected chi connectivity index (χ2v) is 10.0. The summed E-state index contributed by atoms with van der Waals surface area (Å²) in [7, 11) is -3.61. The van der Waals surface area contributed by atoms with E-state index in [-0.39, 0.29) is 35.3 Å². The first-order valence-electron chi connectivity index (χ1n) is 10.1. The first kappa shape index (κ1) is 21.6. The molecule has 4 rings (SSSR count). The van der Waals surface area contributed by atoms with Gasteiger partial charge in [0.05, 0.1) is 4.90 Å². The zero-order chi connectivity index (χ0) is 19.0. The monoisotopic (exact) mass is 427 g/mol. The molecule has 8 heteroatoms. The Balaban J connectivity index is 0.00000225. The molecule has 1 saturated carbocycles. The highest BCUT2D eigenvalue weighted by Gasteiger charge is 2.34. The lowest BCUT2D eigenvalue weighted by molar-refractivity contribution is 0.0923. The SMILES string of the molecule is Cc1ccc(C(=O)NC2CC3CCC(C2)N3)cc1S(=O)(=O)NC1CCCC1.Cl. The molecule has 3 N–H and O–H groups in total. The highest BCUT2D eigenvalue weighted by molar-refractivity contribution is 7.89. The molecule has 0 radical (unpaired) electrons. The summed E-state index contributed by atoms with van der Waals surface area (Å²) >= 11 is 0. The van der Waals surface area contributed by atoms with Crippen LogP contribution < -0.4 is 15.4 Å². The van der Waals surface area contributed by atoms with Crippen LogP contribution in [0.25, 0.3) is 0 Å². The number of hydrogen-bond donors (Lipinski definition) is 3. The third-order valence-electron chi connectivity index (χ3n) is 6.23. The van der Waals surface area contributed by atoms with Crippen molar-refractivity contribution >= 4 is 28.3 Å². The molecule has 6 nitrogen and oxygen atoms in total. The van der Waals surface area contributed by atoms with E-state index >= 15 is 0 Å². The van der Waals surface area contributed by atoms with Crippen LogP contribution >= 0.6 is 12.4 Å². The number of amides is 1. The first-order valence-corrected chi connectivity index (χ1v) is 11.6. The normalized spacial score (nSPS) is 27.4. The van der Waals surface area contributed by atoms with Crippen molar-refractivity contribution in [2.24, 2.45) is 0 Å². The molecular weight excluding hydrogens is 398 g/mol. The minimum atomic E-state index is -3.61. The lowest BCUT2D eigenvalue weighted by Crippen LogP contribution is -2.48. The summed E-state index contributed by atoms with van der Waals surface area (Å²) in [4.78, 5) is 13.0. The van der Waals surface area contributed by atoms with Gasteiger partial charge in [0.2, 0.25) is 10.0 Å². The maximum atomic E-state index is 12.8. The van der Waals surface area contributed by atoms with E-state index in [4.69, 9.17) is 0 Å². The van der Waals surface area contributed by atoms with Crippen molar-refractivity contribution in [3.63, 3.8) is 0 Å². The van der Waals surface area contributed by atoms with Gasteiger partial charge in [0.15, 0.2) is 0 Å². The lowest BCUT2D eigenvalue weighted by Gasteiger charge is -2.29. The predicted octanol–water partition coefficient (Wildman–Crippen LogP) is 2.65. The summed E-state index contributed by atoms with van der Waals surface area (Å²) in [5.41, 5.74) is 1.08. The van der Waals surface area contributed by atoms with Gasteiger partial charge in [-0.05, 0) is 63.1 Å². The summed E-state index contributed by atoms with van der Waals surface area (Å²) in [5, 5.41) is 6.68. The van der Waals surface area contributed by atoms with Crippen molar-refractivity contribution < 1.29 is 13.2 Å². The Kier molecular flexibility index (Phi) is 6.69. The molecule has 28 heavy (non-hydrogen) atoms. The van der Waals surface area contributed by atoms with Gasteiger partial charge in [-0.2, -0.15) is 0 Å². The Bertz CT molecular complexity index is 812. The fraction of sp³-hybridized carbons (Fsp3) is 0.650. The highest BCUT2D eigenvalue weighted by atomic mass is 35.5. The molecule has 2 atom stereocenters. The highest BCUT2D eigenvalue weighted by Crippen LogP contribution is 2.27. The van der Waals surface area contributed by atoms with Gasteiger partial charge in [0.1, 0.15) is 0 Å². The van der Waals surface area contributed by atoms with E-state index < -0.39 is 10.0 Å². The molecule has 2 saturated heterocycles. The predicted molar refractivity (Wildman–Crippen MR) is 111 cm³/mol. The maximum Gasteiger partial charge on any atom is 0.251 e. The van der Waals surface area contributed by atoms with Gasteiger partial charge < -0.3 is 10.6 Å². The first-order chi connectivity index (χ1) is 12.9. The van der Waals surface area contributed by atoms with Crippen LogP contribution in [0.2, 0.25) is 0 Å². The van der Waals surface area contributed by atoms with Gasteiger partial charge in [-0.15, -0.1) is 12.4 Å². The average Bonchev–Trinajstić information content (AvgIpc) is 3.24. The molecule has 1 aromatic carbocycles. The number of piperidine rings is 1. The molecule has 3 aliphatic rings. The number of carbonyl (C=O) groups is 1. The summed E-state index contributed by atoms with van der Waals surface area (Å²) < 4.78 is 28.4. The van der Waals surface area contributed by atoms with E-state index in [9.17, 15) is 13.2 Å². The summed E-state index contributed by atoms with van der Waals surface area (Å²) in [6, 6.07) is 6.14. The lowest BCUT2D eigenvalue weighted by atomic mass is 9.99. The Labute approximate surface area is 173 Å². The second kappa shape index (κ2) is 8.69. The van der Waals surface area contributed by atoms with E-state index in [1.165, 1.54) is 18.9 Å². The van der Waals surface area contributed by atoms with E-state index in [1.54, 1.807) is 19.1 Å². The molecule has 0 spiro atoms. The number of aryl methyl sites for hydroxylation is 1. The van der Waals surface area contributed by atoms with Crippen LogP contribution in [0.5, 0.6) is 0 Å². The molecule has 2 unspecified atom stereocenters. The number of hydrogen-bond acceptors (Lipinski definition) is 4. The van der Waals surface area contributed by atoms with Crippen LogP contribution in [-0.4, -0.2) is 38.5 Å². The maximum absolute atomic E-state index is 12.8. The minimum Gasteiger partial charge on any atom is -0.349 e. The molecule has 1 aliphatic carbocycles. The molecule has 1 aromatic rings. The van der Waals surface area contributed by atoms with Crippen LogP contribution in [0.4, 0.5) is 0 Å². The molecule has 3 fully saturated rings. The average molecular weight is 428 g/mol. The summed E-state index contributed by atoms with van der Waals surface area (Å²) in [6.45, 7) is 1.77. The van der Waals surface area contributed by atoms with Gasteiger partial charge in [-0.3, -0.25) is 4.79 Å². The van der Waals surface area contributed by atoms with Crippen molar-refractivity contribution in [3.05, 3.63) is 29.3 Å². The van der Waals surface area contributed by atoms with Gasteiger partial charge in [0.25, 0.3) is 5.91 Å². The van der Waals surface area contributed by atoms with E-state index in [1.807, 2.05) is 0 Å². The van der Waals surface area contributed by atoms with Crippen molar-refractivity contribution in [1.29, 1.82) is 0 Å². The Hall–Kier alpha value is -1.15. The Morgan fingerprint density at radius 1 is 1.04 bits per heavy atom. The third kappa shape index (κ3) is 4.70. The number of carbonyl (C=O) groups excluding carboxylic acids is 1. The van der Waals surface area contributed by atoms with Gasteiger partial charge in [0, 0.05) is 29.7 Å². The van der Waals surface area contributed by atoms with E-state index in [0.717, 1.165) is 38.5 Å². The number of benzene rings is 1. The smallest absolute Gasteiger partial charge is 0.251 e. The largest absolute Gasteiger partial charge is 0.349 e. The van der Waals surface area contributed by atoms with Crippen molar-refractivity contribution in [1.82, 2.24) is 15.4 Å². The van der Waals surface area contributed by atoms with E-state index in [2.05, 4.69) is 15.4 Å². The van der Waals surface area contributed by atoms with Crippen LogP contribution in [0, 0.1) is 6.92 Å². The van der Waals surface area contributed by atoms with Crippen molar-refractivity contribution in [2.45, 2.75) is 87.4 Å². The van der Waals surface area contributed by atoms with Gasteiger partial charge in [-0.1, -0.05) is 18.9 Å². The number of sulfonamides is 1. The molecule has 156 valence electrons. The molecule has 2 bridgehead atoms. The molecule has 2 heterocycles. The fourth-order valence-corrected chi connectivity index (χ4v) is 6.38. The van der Waals surface area contributed by atoms with Crippen LogP contribution in [0.15, 0.2) is 23.1 Å². The van der Waals surface area contributed by atoms with Crippen molar-refractivity contribution in [3.8, 4) is 0 Å². The van der Waals surface area contributed by atoms with Crippen LogP contribution in [0.3, 0.4) is 0 Å². The Morgan fingerprint density at radius 2 is 1.68 bits per heavy atom. The van der Waals surface area contributed by atoms with Crippen LogP contribution in [-0.2, 0) is 10.0 Å². The minimum absolute atomic E-state index is 0. The number of nitrogens with one attached hydrogen (secondary N) is 3. The molecule has 0 aromatic heterocycles. The fourth-order valence-electron chi connectivity index (χ4n) is 4.80. The van der Waals surface area contributed by atoms with Gasteiger partial charge >= 0.3 is 0 Å². The summed E-state index contributed by atoms with van der Waals surface area (Å²) in [6.07, 6.45) is 8.14. The molecular formula is C20H30ClN3O3S. The number of fused-ring (bicyclic) bond motifs is 2. The number of rotatable bonds is 5. The summed E-state index contributed by atoms with van der Waals surface area (Å²) in [5.74, 6) is -0.182. The quantitative estimate of drug-likeness (QED) is 0.674.